The third kappa shape index (κ3) is 2.84. The summed E-state index contributed by atoms with van der Waals surface area (Å²) in [5.41, 5.74) is 1.92. The van der Waals surface area contributed by atoms with Gasteiger partial charge in [-0.3, -0.25) is 4.79 Å². The van der Waals surface area contributed by atoms with E-state index in [0.717, 1.165) is 35.4 Å². The molecular weight excluding hydrogens is 336 g/mol. The lowest BCUT2D eigenvalue weighted by Gasteiger charge is -2.30. The monoisotopic (exact) mass is 355 g/mol. The Labute approximate surface area is 150 Å². The molecule has 0 unspecified atom stereocenters. The first-order valence-electron chi connectivity index (χ1n) is 8.59. The van der Waals surface area contributed by atoms with Gasteiger partial charge in [-0.1, -0.05) is 41.7 Å². The van der Waals surface area contributed by atoms with Crippen LogP contribution in [0.3, 0.4) is 0 Å². The predicted molar refractivity (Wildman–Crippen MR) is 93.7 cm³/mol. The largest absolute Gasteiger partial charge is 0.550 e. The summed E-state index contributed by atoms with van der Waals surface area (Å²) in [6.07, 6.45) is 2.64. The molecule has 0 radical (unpaired) electrons. The van der Waals surface area contributed by atoms with Gasteiger partial charge in [-0.25, -0.2) is 4.98 Å². The Morgan fingerprint density at radius 2 is 1.84 bits per heavy atom. The number of carbonyl (C=O) groups excluding carboxylic acids is 2. The summed E-state index contributed by atoms with van der Waals surface area (Å²) in [6, 6.07) is 9.90. The molecule has 2 aliphatic rings. The fraction of sp³-hybridized carbons (Fsp3) is 0.421. The smallest absolute Gasteiger partial charge is 0.230 e. The number of aliphatic carboxylic acids is 1. The van der Waals surface area contributed by atoms with E-state index in [4.69, 9.17) is 0 Å². The number of nitrogens with zero attached hydrogens (tertiary/aromatic N) is 1. The van der Waals surface area contributed by atoms with Gasteiger partial charge in [0.15, 0.2) is 5.13 Å². The number of aryl methyl sites for hydroxylation is 1. The minimum atomic E-state index is -1.09. The molecule has 1 heterocycles. The Kier molecular flexibility index (Phi) is 4.07. The molecule has 4 atom stereocenters. The highest BCUT2D eigenvalue weighted by atomic mass is 32.1. The first-order chi connectivity index (χ1) is 12.0. The molecule has 2 bridgehead atoms. The van der Waals surface area contributed by atoms with E-state index in [0.29, 0.717) is 5.13 Å². The van der Waals surface area contributed by atoms with Crippen molar-refractivity contribution in [3.05, 3.63) is 36.0 Å². The van der Waals surface area contributed by atoms with Crippen molar-refractivity contribution in [2.45, 2.75) is 26.2 Å². The van der Waals surface area contributed by atoms with Gasteiger partial charge in [0.2, 0.25) is 5.91 Å². The highest BCUT2D eigenvalue weighted by Gasteiger charge is 2.51. The summed E-state index contributed by atoms with van der Waals surface area (Å²) in [4.78, 5) is 29.7. The molecule has 2 aliphatic carbocycles. The number of hydrogen-bond donors (Lipinski definition) is 1. The zero-order valence-corrected chi connectivity index (χ0v) is 14.7. The van der Waals surface area contributed by atoms with Crippen molar-refractivity contribution in [3.63, 3.8) is 0 Å². The number of carboxylic acids is 1. The second-order valence-corrected chi connectivity index (χ2v) is 7.99. The molecule has 1 amide bonds. The molecule has 0 spiro atoms. The van der Waals surface area contributed by atoms with Crippen LogP contribution in [0.15, 0.2) is 30.3 Å². The molecule has 5 nitrogen and oxygen atoms in total. The Morgan fingerprint density at radius 3 is 2.52 bits per heavy atom. The maximum atomic E-state index is 12.7. The summed E-state index contributed by atoms with van der Waals surface area (Å²) in [7, 11) is 0. The van der Waals surface area contributed by atoms with Crippen LogP contribution in [0.5, 0.6) is 0 Å². The fourth-order valence-corrected chi connectivity index (χ4v) is 5.48. The number of anilines is 1. The number of fused-ring (bicyclic) bond motifs is 2. The first kappa shape index (κ1) is 16.3. The molecule has 4 rings (SSSR count). The quantitative estimate of drug-likeness (QED) is 0.913. The third-order valence-electron chi connectivity index (χ3n) is 5.55. The third-order valence-corrected chi connectivity index (χ3v) is 6.68. The zero-order chi connectivity index (χ0) is 17.6. The van der Waals surface area contributed by atoms with Gasteiger partial charge in [-0.05, 0) is 43.6 Å². The van der Waals surface area contributed by atoms with Gasteiger partial charge in [-0.2, -0.15) is 0 Å². The summed E-state index contributed by atoms with van der Waals surface area (Å²) >= 11 is 1.42. The number of nitrogens with one attached hydrogen (secondary N) is 1. The van der Waals surface area contributed by atoms with Crippen LogP contribution in [0.2, 0.25) is 0 Å². The van der Waals surface area contributed by atoms with Crippen molar-refractivity contribution >= 4 is 28.3 Å². The van der Waals surface area contributed by atoms with Crippen molar-refractivity contribution in [1.82, 2.24) is 4.98 Å². The van der Waals surface area contributed by atoms with E-state index in [1.54, 1.807) is 0 Å². The molecule has 0 aliphatic heterocycles. The maximum absolute atomic E-state index is 12.7. The van der Waals surface area contributed by atoms with Crippen molar-refractivity contribution in [3.8, 4) is 10.4 Å². The standard InChI is InChI=1S/C19H20N2O3S/c1-10-16(11-5-3-2-4-6-11)25-19(20-10)21-17(22)14-12-7-8-13(9-12)15(14)18(23)24/h2-6,12-15H,7-9H2,1H3,(H,23,24)(H,20,21,22)/p-1/t12-,13+,14+,15+/m1/s1. The topological polar surface area (TPSA) is 82.1 Å². The minimum absolute atomic E-state index is 0.0867. The van der Waals surface area contributed by atoms with Crippen LogP contribution in [-0.2, 0) is 9.59 Å². The van der Waals surface area contributed by atoms with Gasteiger partial charge >= 0.3 is 0 Å². The van der Waals surface area contributed by atoms with E-state index >= 15 is 0 Å². The summed E-state index contributed by atoms with van der Waals surface area (Å²) < 4.78 is 0. The van der Waals surface area contributed by atoms with Crippen LogP contribution in [0.1, 0.15) is 25.0 Å². The average Bonchev–Trinajstić information content (AvgIpc) is 3.29. The molecule has 1 aromatic heterocycles. The van der Waals surface area contributed by atoms with Gasteiger partial charge in [0.05, 0.1) is 10.6 Å². The number of benzene rings is 1. The van der Waals surface area contributed by atoms with Gasteiger partial charge in [0.25, 0.3) is 0 Å². The number of carbonyl (C=O) groups is 2. The van der Waals surface area contributed by atoms with Gasteiger partial charge < -0.3 is 15.2 Å². The number of carboxylic acid groups (broad SMARTS) is 1. The van der Waals surface area contributed by atoms with E-state index < -0.39 is 17.8 Å². The minimum Gasteiger partial charge on any atom is -0.550 e. The van der Waals surface area contributed by atoms with Crippen LogP contribution >= 0.6 is 11.3 Å². The molecular formula is C19H19N2O3S-. The molecule has 25 heavy (non-hydrogen) atoms. The second-order valence-electron chi connectivity index (χ2n) is 6.99. The van der Waals surface area contributed by atoms with E-state index in [1.165, 1.54) is 11.3 Å². The molecule has 2 saturated carbocycles. The molecule has 1 aromatic carbocycles. The van der Waals surface area contributed by atoms with Crippen molar-refractivity contribution in [2.75, 3.05) is 5.32 Å². The number of thiazole rings is 1. The lowest BCUT2D eigenvalue weighted by atomic mass is 9.79. The maximum Gasteiger partial charge on any atom is 0.230 e. The van der Waals surface area contributed by atoms with E-state index in [-0.39, 0.29) is 17.7 Å². The Bertz CT molecular complexity index is 817. The number of aromatic nitrogens is 1. The lowest BCUT2D eigenvalue weighted by molar-refractivity contribution is -0.314. The summed E-state index contributed by atoms with van der Waals surface area (Å²) in [6.45, 7) is 1.91. The molecule has 2 fully saturated rings. The molecule has 130 valence electrons. The Hall–Kier alpha value is -2.21. The van der Waals surface area contributed by atoms with Gasteiger partial charge in [0, 0.05) is 17.8 Å². The molecule has 1 N–H and O–H groups in total. The highest BCUT2D eigenvalue weighted by molar-refractivity contribution is 7.19. The average molecular weight is 355 g/mol. The van der Waals surface area contributed by atoms with Crippen molar-refractivity contribution < 1.29 is 14.7 Å². The first-order valence-corrected chi connectivity index (χ1v) is 9.41. The zero-order valence-electron chi connectivity index (χ0n) is 13.9. The Morgan fingerprint density at radius 1 is 1.16 bits per heavy atom. The fourth-order valence-electron chi connectivity index (χ4n) is 4.50. The Balaban J connectivity index is 1.55. The van der Waals surface area contributed by atoms with Crippen LogP contribution in [0.4, 0.5) is 5.13 Å². The van der Waals surface area contributed by atoms with Crippen LogP contribution < -0.4 is 10.4 Å². The number of rotatable bonds is 4. The van der Waals surface area contributed by atoms with E-state index in [2.05, 4.69) is 10.3 Å². The molecule has 0 saturated heterocycles. The van der Waals surface area contributed by atoms with Crippen LogP contribution in [0, 0.1) is 30.6 Å². The molecule has 6 heteroatoms. The van der Waals surface area contributed by atoms with Gasteiger partial charge in [-0.15, -0.1) is 0 Å². The summed E-state index contributed by atoms with van der Waals surface area (Å²) in [5.74, 6) is -2.23. The predicted octanol–water partition coefficient (Wildman–Crippen LogP) is 2.47. The van der Waals surface area contributed by atoms with Crippen LogP contribution in [-0.4, -0.2) is 16.9 Å². The lowest BCUT2D eigenvalue weighted by Crippen LogP contribution is -2.43. The van der Waals surface area contributed by atoms with E-state index in [9.17, 15) is 14.7 Å². The van der Waals surface area contributed by atoms with Crippen LogP contribution in [0.25, 0.3) is 10.4 Å². The van der Waals surface area contributed by atoms with E-state index in [1.807, 2.05) is 37.3 Å². The normalized spacial score (nSPS) is 27.4. The van der Waals surface area contributed by atoms with Crippen molar-refractivity contribution in [2.24, 2.45) is 23.7 Å². The molecule has 2 aromatic rings. The summed E-state index contributed by atoms with van der Waals surface area (Å²) in [5, 5.41) is 14.9. The highest BCUT2D eigenvalue weighted by Crippen LogP contribution is 2.52. The number of hydrogen-bond acceptors (Lipinski definition) is 5. The number of amides is 1. The van der Waals surface area contributed by atoms with Gasteiger partial charge in [0.1, 0.15) is 0 Å². The SMILES string of the molecule is Cc1nc(NC(=O)[C@H]2[C@@H]3CC[C@@H](C3)[C@@H]2C(=O)[O-])sc1-c1ccccc1. The second kappa shape index (κ2) is 6.26. The van der Waals surface area contributed by atoms with Crippen molar-refractivity contribution in [1.29, 1.82) is 0 Å².